The molecule has 1 N–H and O–H groups in total. The lowest BCUT2D eigenvalue weighted by atomic mass is 10.1. The van der Waals surface area contributed by atoms with E-state index in [2.05, 4.69) is 5.32 Å². The van der Waals surface area contributed by atoms with Crippen LogP contribution in [0.25, 0.3) is 0 Å². The van der Waals surface area contributed by atoms with Crippen molar-refractivity contribution < 1.29 is 14.3 Å². The van der Waals surface area contributed by atoms with Gasteiger partial charge in [-0.2, -0.15) is 0 Å². The Morgan fingerprint density at radius 1 is 1.11 bits per heavy atom. The van der Waals surface area contributed by atoms with Gasteiger partial charge in [0.1, 0.15) is 6.10 Å². The van der Waals surface area contributed by atoms with Gasteiger partial charge in [-0.3, -0.25) is 9.59 Å². The quantitative estimate of drug-likeness (QED) is 0.845. The summed E-state index contributed by atoms with van der Waals surface area (Å²) in [6, 6.07) is 7.13. The number of anilines is 1. The molecule has 1 saturated heterocycles. The molecule has 1 amide bonds. The Morgan fingerprint density at radius 3 is 2.42 bits per heavy atom. The van der Waals surface area contributed by atoms with E-state index in [1.807, 2.05) is 0 Å². The molecule has 0 bridgehead atoms. The molecule has 1 saturated carbocycles. The Hall–Kier alpha value is -1.68. The summed E-state index contributed by atoms with van der Waals surface area (Å²) < 4.78 is 5.32. The highest BCUT2D eigenvalue weighted by atomic mass is 16.5. The second-order valence-corrected chi connectivity index (χ2v) is 5.21. The molecule has 1 unspecified atom stereocenters. The van der Waals surface area contributed by atoms with Crippen molar-refractivity contribution in [3.8, 4) is 0 Å². The van der Waals surface area contributed by atoms with E-state index < -0.39 is 0 Å². The molecule has 1 atom stereocenters. The number of amides is 1. The fraction of sp³-hybridized carbons (Fsp3) is 0.467. The summed E-state index contributed by atoms with van der Waals surface area (Å²) >= 11 is 0. The predicted molar refractivity (Wildman–Crippen MR) is 71.1 cm³/mol. The number of ketones is 1. The summed E-state index contributed by atoms with van der Waals surface area (Å²) in [7, 11) is 0. The molecule has 19 heavy (non-hydrogen) atoms. The molecule has 2 aliphatic rings. The molecule has 1 heterocycles. The maximum atomic E-state index is 11.8. The topological polar surface area (TPSA) is 55.4 Å². The minimum Gasteiger partial charge on any atom is -0.368 e. The average Bonchev–Trinajstić information content (AvgIpc) is 3.13. The Kier molecular flexibility index (Phi) is 3.34. The van der Waals surface area contributed by atoms with Gasteiger partial charge in [0.15, 0.2) is 5.78 Å². The molecule has 3 rings (SSSR count). The van der Waals surface area contributed by atoms with E-state index in [0.717, 1.165) is 31.2 Å². The molecule has 100 valence electrons. The van der Waals surface area contributed by atoms with Gasteiger partial charge < -0.3 is 10.1 Å². The smallest absolute Gasteiger partial charge is 0.253 e. The fourth-order valence-corrected chi connectivity index (χ4v) is 2.31. The van der Waals surface area contributed by atoms with E-state index in [1.165, 1.54) is 0 Å². The van der Waals surface area contributed by atoms with Crippen molar-refractivity contribution in [3.05, 3.63) is 29.8 Å². The number of rotatable bonds is 4. The highest BCUT2D eigenvalue weighted by molar-refractivity contribution is 6.00. The third-order valence-electron chi connectivity index (χ3n) is 3.61. The van der Waals surface area contributed by atoms with Crippen molar-refractivity contribution in [2.24, 2.45) is 5.92 Å². The van der Waals surface area contributed by atoms with Gasteiger partial charge in [0.05, 0.1) is 0 Å². The van der Waals surface area contributed by atoms with E-state index in [0.29, 0.717) is 12.3 Å². The predicted octanol–water partition coefficient (Wildman–Crippen LogP) is 2.40. The number of benzene rings is 1. The minimum atomic E-state index is -0.326. The first kappa shape index (κ1) is 12.4. The van der Waals surface area contributed by atoms with Gasteiger partial charge in [0.25, 0.3) is 5.91 Å². The van der Waals surface area contributed by atoms with Gasteiger partial charge >= 0.3 is 0 Å². The molecule has 0 aromatic heterocycles. The maximum absolute atomic E-state index is 11.8. The Morgan fingerprint density at radius 2 is 1.84 bits per heavy atom. The van der Waals surface area contributed by atoms with Crippen LogP contribution >= 0.6 is 0 Å². The molecule has 4 nitrogen and oxygen atoms in total. The van der Waals surface area contributed by atoms with Gasteiger partial charge in [0, 0.05) is 23.8 Å². The molecule has 1 aliphatic heterocycles. The van der Waals surface area contributed by atoms with Crippen LogP contribution in [-0.2, 0) is 9.53 Å². The third-order valence-corrected chi connectivity index (χ3v) is 3.61. The van der Waals surface area contributed by atoms with Crippen molar-refractivity contribution in [3.63, 3.8) is 0 Å². The largest absolute Gasteiger partial charge is 0.368 e. The summed E-state index contributed by atoms with van der Waals surface area (Å²) in [6.07, 6.45) is 3.41. The van der Waals surface area contributed by atoms with Crippen molar-refractivity contribution in [2.45, 2.75) is 31.8 Å². The molecule has 1 aromatic carbocycles. The van der Waals surface area contributed by atoms with Gasteiger partial charge in [0.2, 0.25) is 0 Å². The number of hydrogen-bond donors (Lipinski definition) is 1. The molecule has 0 radical (unpaired) electrons. The monoisotopic (exact) mass is 259 g/mol. The normalized spacial score (nSPS) is 22.2. The summed E-state index contributed by atoms with van der Waals surface area (Å²) in [4.78, 5) is 23.7. The van der Waals surface area contributed by atoms with E-state index >= 15 is 0 Å². The first-order chi connectivity index (χ1) is 9.24. The second-order valence-electron chi connectivity index (χ2n) is 5.21. The van der Waals surface area contributed by atoms with Crippen LogP contribution < -0.4 is 5.32 Å². The third kappa shape index (κ3) is 2.84. The standard InChI is InChI=1S/C15H17NO3/c17-14(10-3-4-10)11-5-7-12(8-6-11)16-15(18)13-2-1-9-19-13/h5-8,10,13H,1-4,9H2,(H,16,18). The van der Waals surface area contributed by atoms with E-state index in [-0.39, 0.29) is 23.7 Å². The highest BCUT2D eigenvalue weighted by Crippen LogP contribution is 2.32. The minimum absolute atomic E-state index is 0.0984. The SMILES string of the molecule is O=C(c1ccc(NC(=O)C2CCCO2)cc1)C1CC1. The van der Waals surface area contributed by atoms with Crippen LogP contribution in [0.2, 0.25) is 0 Å². The lowest BCUT2D eigenvalue weighted by Crippen LogP contribution is -2.26. The molecular weight excluding hydrogens is 242 g/mol. The Balaban J connectivity index is 1.62. The number of carbonyl (C=O) groups is 2. The number of nitrogens with one attached hydrogen (secondary N) is 1. The van der Waals surface area contributed by atoms with Crippen LogP contribution in [0.1, 0.15) is 36.0 Å². The first-order valence-corrected chi connectivity index (χ1v) is 6.81. The molecule has 0 spiro atoms. The van der Waals surface area contributed by atoms with Crippen molar-refractivity contribution in [1.82, 2.24) is 0 Å². The summed E-state index contributed by atoms with van der Waals surface area (Å²) in [5.41, 5.74) is 1.45. The Bertz CT molecular complexity index is 485. The van der Waals surface area contributed by atoms with Crippen molar-refractivity contribution in [2.75, 3.05) is 11.9 Å². The second kappa shape index (κ2) is 5.13. The fourth-order valence-electron chi connectivity index (χ4n) is 2.31. The summed E-state index contributed by atoms with van der Waals surface area (Å²) in [5.74, 6) is 0.350. The summed E-state index contributed by atoms with van der Waals surface area (Å²) in [5, 5.41) is 2.82. The molecule has 1 aliphatic carbocycles. The molecule has 4 heteroatoms. The van der Waals surface area contributed by atoms with Crippen LogP contribution in [0.3, 0.4) is 0 Å². The van der Waals surface area contributed by atoms with Crippen LogP contribution in [0.15, 0.2) is 24.3 Å². The number of ether oxygens (including phenoxy) is 1. The van der Waals surface area contributed by atoms with Gasteiger partial charge in [-0.1, -0.05) is 0 Å². The molecule has 1 aromatic rings. The van der Waals surface area contributed by atoms with Crippen LogP contribution in [0.5, 0.6) is 0 Å². The molecule has 2 fully saturated rings. The van der Waals surface area contributed by atoms with E-state index in [1.54, 1.807) is 24.3 Å². The Labute approximate surface area is 112 Å². The van der Waals surface area contributed by atoms with Gasteiger partial charge in [-0.05, 0) is 49.9 Å². The first-order valence-electron chi connectivity index (χ1n) is 6.81. The average molecular weight is 259 g/mol. The lowest BCUT2D eigenvalue weighted by Gasteiger charge is -2.10. The van der Waals surface area contributed by atoms with E-state index in [9.17, 15) is 9.59 Å². The maximum Gasteiger partial charge on any atom is 0.253 e. The van der Waals surface area contributed by atoms with Crippen LogP contribution in [-0.4, -0.2) is 24.4 Å². The lowest BCUT2D eigenvalue weighted by molar-refractivity contribution is -0.124. The van der Waals surface area contributed by atoms with Crippen LogP contribution in [0, 0.1) is 5.92 Å². The number of carbonyl (C=O) groups excluding carboxylic acids is 2. The van der Waals surface area contributed by atoms with Crippen LogP contribution in [0.4, 0.5) is 5.69 Å². The van der Waals surface area contributed by atoms with Gasteiger partial charge in [-0.15, -0.1) is 0 Å². The zero-order valence-corrected chi connectivity index (χ0v) is 10.7. The zero-order valence-electron chi connectivity index (χ0n) is 10.7. The highest BCUT2D eigenvalue weighted by Gasteiger charge is 2.30. The van der Waals surface area contributed by atoms with Crippen molar-refractivity contribution in [1.29, 1.82) is 0 Å². The van der Waals surface area contributed by atoms with Crippen molar-refractivity contribution >= 4 is 17.4 Å². The van der Waals surface area contributed by atoms with Gasteiger partial charge in [-0.25, -0.2) is 0 Å². The number of hydrogen-bond acceptors (Lipinski definition) is 3. The molecular formula is C15H17NO3. The van der Waals surface area contributed by atoms with E-state index in [4.69, 9.17) is 4.74 Å². The zero-order chi connectivity index (χ0) is 13.2. The summed E-state index contributed by atoms with van der Waals surface area (Å²) in [6.45, 7) is 0.660. The number of Topliss-reactive ketones (excluding diaryl/α,β-unsaturated/α-hetero) is 1.